The summed E-state index contributed by atoms with van der Waals surface area (Å²) in [6, 6.07) is 2.30. The van der Waals surface area contributed by atoms with Gasteiger partial charge in [-0.05, 0) is 35.3 Å². The Labute approximate surface area is 116 Å². The van der Waals surface area contributed by atoms with Crippen molar-refractivity contribution < 1.29 is 4.74 Å². The second kappa shape index (κ2) is 6.72. The van der Waals surface area contributed by atoms with Crippen LogP contribution >= 0.6 is 11.3 Å². The lowest BCUT2D eigenvalue weighted by Crippen LogP contribution is -2.26. The molecule has 0 saturated carbocycles. The SMILES string of the molecule is CCCCC(C(C)CC)C1OCCc2sccc21. The van der Waals surface area contributed by atoms with E-state index in [2.05, 4.69) is 32.2 Å². The van der Waals surface area contributed by atoms with E-state index in [-0.39, 0.29) is 0 Å². The Morgan fingerprint density at radius 1 is 1.44 bits per heavy atom. The van der Waals surface area contributed by atoms with Gasteiger partial charge in [0.25, 0.3) is 0 Å². The minimum atomic E-state index is 0.362. The fourth-order valence-electron chi connectivity index (χ4n) is 3.01. The molecule has 0 bridgehead atoms. The van der Waals surface area contributed by atoms with Gasteiger partial charge in [0.1, 0.15) is 0 Å². The third-order valence-corrected chi connectivity index (χ3v) is 5.36. The minimum absolute atomic E-state index is 0.362. The summed E-state index contributed by atoms with van der Waals surface area (Å²) in [7, 11) is 0. The maximum absolute atomic E-state index is 6.15. The molecule has 2 rings (SSSR count). The summed E-state index contributed by atoms with van der Waals surface area (Å²) >= 11 is 1.91. The van der Waals surface area contributed by atoms with E-state index in [1.807, 2.05) is 11.3 Å². The molecule has 0 aromatic carbocycles. The molecule has 18 heavy (non-hydrogen) atoms. The lowest BCUT2D eigenvalue weighted by molar-refractivity contribution is -0.0191. The normalized spacial score (nSPS) is 22.5. The van der Waals surface area contributed by atoms with E-state index < -0.39 is 0 Å². The highest BCUT2D eigenvalue weighted by Crippen LogP contribution is 2.41. The summed E-state index contributed by atoms with van der Waals surface area (Å²) in [6.07, 6.45) is 6.66. The van der Waals surface area contributed by atoms with Gasteiger partial charge in [-0.3, -0.25) is 0 Å². The summed E-state index contributed by atoms with van der Waals surface area (Å²) < 4.78 is 6.15. The molecule has 0 aliphatic carbocycles. The largest absolute Gasteiger partial charge is 0.373 e. The number of unbranched alkanes of at least 4 members (excludes halogenated alkanes) is 1. The van der Waals surface area contributed by atoms with E-state index in [0.29, 0.717) is 12.0 Å². The molecule has 102 valence electrons. The van der Waals surface area contributed by atoms with Crippen molar-refractivity contribution in [1.82, 2.24) is 0 Å². The number of thiophene rings is 1. The minimum Gasteiger partial charge on any atom is -0.373 e. The van der Waals surface area contributed by atoms with Crippen molar-refractivity contribution in [2.24, 2.45) is 11.8 Å². The van der Waals surface area contributed by atoms with Gasteiger partial charge in [0.2, 0.25) is 0 Å². The Morgan fingerprint density at radius 3 is 3.00 bits per heavy atom. The van der Waals surface area contributed by atoms with E-state index in [0.717, 1.165) is 18.9 Å². The lowest BCUT2D eigenvalue weighted by Gasteiger charge is -2.34. The molecule has 0 saturated heterocycles. The highest BCUT2D eigenvalue weighted by molar-refractivity contribution is 7.10. The number of hydrogen-bond donors (Lipinski definition) is 0. The Hall–Kier alpha value is -0.340. The number of fused-ring (bicyclic) bond motifs is 1. The van der Waals surface area contributed by atoms with Crippen molar-refractivity contribution >= 4 is 11.3 Å². The zero-order chi connectivity index (χ0) is 13.0. The molecule has 0 amide bonds. The smallest absolute Gasteiger partial charge is 0.0866 e. The first kappa shape index (κ1) is 14.1. The fraction of sp³-hybridized carbons (Fsp3) is 0.750. The maximum Gasteiger partial charge on any atom is 0.0866 e. The molecule has 1 nitrogen and oxygen atoms in total. The van der Waals surface area contributed by atoms with Crippen molar-refractivity contribution in [3.05, 3.63) is 21.9 Å². The average Bonchev–Trinajstić information content (AvgIpc) is 2.87. The summed E-state index contributed by atoms with van der Waals surface area (Å²) in [5, 5.41) is 2.24. The van der Waals surface area contributed by atoms with Gasteiger partial charge in [0, 0.05) is 11.3 Å². The van der Waals surface area contributed by atoms with Crippen LogP contribution in [0.2, 0.25) is 0 Å². The van der Waals surface area contributed by atoms with Crippen molar-refractivity contribution in [2.75, 3.05) is 6.61 Å². The van der Waals surface area contributed by atoms with E-state index in [1.54, 1.807) is 4.88 Å². The Kier molecular flexibility index (Phi) is 5.25. The molecule has 0 N–H and O–H groups in total. The Bertz CT molecular complexity index is 358. The van der Waals surface area contributed by atoms with E-state index in [4.69, 9.17) is 4.74 Å². The molecule has 1 aliphatic rings. The van der Waals surface area contributed by atoms with Gasteiger partial charge in [-0.1, -0.05) is 40.0 Å². The molecule has 0 radical (unpaired) electrons. The van der Waals surface area contributed by atoms with Gasteiger partial charge in [-0.2, -0.15) is 0 Å². The molecule has 2 heterocycles. The first-order valence-electron chi connectivity index (χ1n) is 7.45. The fourth-order valence-corrected chi connectivity index (χ4v) is 3.91. The van der Waals surface area contributed by atoms with Crippen LogP contribution in [0.5, 0.6) is 0 Å². The predicted molar refractivity (Wildman–Crippen MR) is 79.2 cm³/mol. The summed E-state index contributed by atoms with van der Waals surface area (Å²) in [5.41, 5.74) is 1.49. The first-order chi connectivity index (χ1) is 8.77. The van der Waals surface area contributed by atoms with E-state index in [9.17, 15) is 0 Å². The van der Waals surface area contributed by atoms with Crippen LogP contribution in [0.1, 0.15) is 63.0 Å². The topological polar surface area (TPSA) is 9.23 Å². The molecule has 1 aromatic heterocycles. The Balaban J connectivity index is 2.16. The zero-order valence-electron chi connectivity index (χ0n) is 11.9. The molecule has 2 heteroatoms. The van der Waals surface area contributed by atoms with Crippen molar-refractivity contribution in [3.63, 3.8) is 0 Å². The quantitative estimate of drug-likeness (QED) is 0.686. The summed E-state index contributed by atoms with van der Waals surface area (Å²) in [5.74, 6) is 1.45. The van der Waals surface area contributed by atoms with E-state index >= 15 is 0 Å². The summed E-state index contributed by atoms with van der Waals surface area (Å²) in [4.78, 5) is 1.57. The molecule has 3 atom stereocenters. The first-order valence-corrected chi connectivity index (χ1v) is 8.33. The Morgan fingerprint density at radius 2 is 2.28 bits per heavy atom. The van der Waals surface area contributed by atoms with Crippen LogP contribution in [0, 0.1) is 11.8 Å². The second-order valence-corrected chi connectivity index (χ2v) is 6.53. The summed E-state index contributed by atoms with van der Waals surface area (Å²) in [6.45, 7) is 7.90. The standard InChI is InChI=1S/C16H26OS/c1-4-6-7-13(12(3)5-2)16-14-9-11-18-15(14)8-10-17-16/h9,11-13,16H,4-8,10H2,1-3H3. The van der Waals surface area contributed by atoms with Crippen LogP contribution in [0.25, 0.3) is 0 Å². The number of rotatable bonds is 6. The third-order valence-electron chi connectivity index (χ3n) is 4.37. The highest BCUT2D eigenvalue weighted by atomic mass is 32.1. The van der Waals surface area contributed by atoms with Gasteiger partial charge in [0.05, 0.1) is 12.7 Å². The predicted octanol–water partition coefficient (Wildman–Crippen LogP) is 5.21. The van der Waals surface area contributed by atoms with Crippen LogP contribution < -0.4 is 0 Å². The molecular weight excluding hydrogens is 240 g/mol. The maximum atomic E-state index is 6.15. The van der Waals surface area contributed by atoms with Crippen molar-refractivity contribution in [2.45, 2.75) is 59.0 Å². The van der Waals surface area contributed by atoms with Gasteiger partial charge < -0.3 is 4.74 Å². The van der Waals surface area contributed by atoms with Crippen LogP contribution in [0.3, 0.4) is 0 Å². The second-order valence-electron chi connectivity index (χ2n) is 5.53. The molecule has 1 aromatic rings. The number of ether oxygens (including phenoxy) is 1. The monoisotopic (exact) mass is 266 g/mol. The highest BCUT2D eigenvalue weighted by Gasteiger charge is 2.31. The molecular formula is C16H26OS. The molecule has 3 unspecified atom stereocenters. The third kappa shape index (κ3) is 2.97. The zero-order valence-corrected chi connectivity index (χ0v) is 12.8. The average molecular weight is 266 g/mol. The van der Waals surface area contributed by atoms with Crippen LogP contribution in [0.15, 0.2) is 11.4 Å². The van der Waals surface area contributed by atoms with Gasteiger partial charge in [-0.25, -0.2) is 0 Å². The van der Waals surface area contributed by atoms with Crippen molar-refractivity contribution in [1.29, 1.82) is 0 Å². The van der Waals surface area contributed by atoms with Crippen LogP contribution in [-0.2, 0) is 11.2 Å². The molecule has 0 fully saturated rings. The number of hydrogen-bond acceptors (Lipinski definition) is 2. The van der Waals surface area contributed by atoms with Crippen molar-refractivity contribution in [3.8, 4) is 0 Å². The van der Waals surface area contributed by atoms with Gasteiger partial charge in [0.15, 0.2) is 0 Å². The van der Waals surface area contributed by atoms with Gasteiger partial charge in [-0.15, -0.1) is 11.3 Å². The molecule has 0 spiro atoms. The van der Waals surface area contributed by atoms with Crippen LogP contribution in [-0.4, -0.2) is 6.61 Å². The van der Waals surface area contributed by atoms with Gasteiger partial charge >= 0.3 is 0 Å². The van der Waals surface area contributed by atoms with E-state index in [1.165, 1.54) is 31.2 Å². The molecule has 1 aliphatic heterocycles. The lowest BCUT2D eigenvalue weighted by atomic mass is 9.80. The van der Waals surface area contributed by atoms with Crippen LogP contribution in [0.4, 0.5) is 0 Å².